The summed E-state index contributed by atoms with van der Waals surface area (Å²) in [5.41, 5.74) is 9.12. The molecule has 0 bridgehead atoms. The molecule has 0 amide bonds. The van der Waals surface area contributed by atoms with Gasteiger partial charge in [0.2, 0.25) is 0 Å². The van der Waals surface area contributed by atoms with Crippen LogP contribution in [-0.4, -0.2) is 9.55 Å². The maximum atomic E-state index is 12.9. The molecule has 1 atom stereocenters. The van der Waals surface area contributed by atoms with Crippen molar-refractivity contribution in [2.45, 2.75) is 30.9 Å². The molecular formula is C21H20F3N3. The van der Waals surface area contributed by atoms with Crippen LogP contribution in [0.1, 0.15) is 34.4 Å². The van der Waals surface area contributed by atoms with Crippen molar-refractivity contribution in [2.75, 3.05) is 5.73 Å². The molecule has 2 aromatic carbocycles. The Labute approximate surface area is 155 Å². The summed E-state index contributed by atoms with van der Waals surface area (Å²) in [6, 6.07) is 13.6. The normalized spacial score (nSPS) is 19.3. The van der Waals surface area contributed by atoms with Gasteiger partial charge in [0.25, 0.3) is 0 Å². The van der Waals surface area contributed by atoms with Gasteiger partial charge in [-0.15, -0.1) is 0 Å². The fraction of sp³-hybridized carbons (Fsp3) is 0.286. The van der Waals surface area contributed by atoms with Crippen LogP contribution in [0.4, 0.5) is 19.1 Å². The van der Waals surface area contributed by atoms with E-state index in [2.05, 4.69) is 17.1 Å². The van der Waals surface area contributed by atoms with Crippen LogP contribution in [0, 0.1) is 0 Å². The summed E-state index contributed by atoms with van der Waals surface area (Å²) < 4.78 is 40.4. The van der Waals surface area contributed by atoms with Crippen LogP contribution < -0.4 is 5.73 Å². The smallest absolute Gasteiger partial charge is 0.369 e. The average molecular weight is 371 g/mol. The lowest BCUT2D eigenvalue weighted by molar-refractivity contribution is -0.137. The van der Waals surface area contributed by atoms with Gasteiger partial charge in [-0.3, -0.25) is 0 Å². The Morgan fingerprint density at radius 3 is 2.44 bits per heavy atom. The molecule has 0 spiro atoms. The van der Waals surface area contributed by atoms with Crippen LogP contribution in [0.15, 0.2) is 54.7 Å². The molecule has 1 aliphatic carbocycles. The Morgan fingerprint density at radius 2 is 1.81 bits per heavy atom. The molecule has 27 heavy (non-hydrogen) atoms. The molecule has 0 saturated carbocycles. The topological polar surface area (TPSA) is 43.8 Å². The zero-order valence-corrected chi connectivity index (χ0v) is 14.9. The number of nitrogen functional groups attached to an aromatic ring is 1. The zero-order valence-electron chi connectivity index (χ0n) is 14.9. The second-order valence-electron chi connectivity index (χ2n) is 7.21. The lowest BCUT2D eigenvalue weighted by Crippen LogP contribution is -2.28. The van der Waals surface area contributed by atoms with E-state index in [1.165, 1.54) is 11.1 Å². The number of hydrogen-bond donors (Lipinski definition) is 1. The van der Waals surface area contributed by atoms with Gasteiger partial charge in [0.05, 0.1) is 11.3 Å². The first-order valence-electron chi connectivity index (χ1n) is 8.83. The molecule has 1 unspecified atom stereocenters. The van der Waals surface area contributed by atoms with Gasteiger partial charge in [0.1, 0.15) is 0 Å². The number of hydrogen-bond acceptors (Lipinski definition) is 2. The number of benzene rings is 2. The average Bonchev–Trinajstić information content (AvgIpc) is 3.17. The van der Waals surface area contributed by atoms with Gasteiger partial charge in [-0.2, -0.15) is 13.2 Å². The number of imidazole rings is 1. The molecular weight excluding hydrogens is 351 g/mol. The number of anilines is 1. The minimum absolute atomic E-state index is 0.383. The van der Waals surface area contributed by atoms with E-state index < -0.39 is 11.7 Å². The summed E-state index contributed by atoms with van der Waals surface area (Å²) in [6.45, 7) is 0. The summed E-state index contributed by atoms with van der Waals surface area (Å²) in [6.07, 6.45) is -0.0527. The van der Waals surface area contributed by atoms with Gasteiger partial charge in [0.15, 0.2) is 5.95 Å². The van der Waals surface area contributed by atoms with Crippen molar-refractivity contribution in [1.29, 1.82) is 0 Å². The van der Waals surface area contributed by atoms with E-state index in [0.29, 0.717) is 12.4 Å². The molecule has 1 heterocycles. The highest BCUT2D eigenvalue weighted by Crippen LogP contribution is 2.46. The molecule has 3 nitrogen and oxygen atoms in total. The molecule has 0 aliphatic heterocycles. The Balaban J connectivity index is 1.79. The first kappa shape index (κ1) is 17.6. The van der Waals surface area contributed by atoms with Crippen LogP contribution in [0.5, 0.6) is 0 Å². The van der Waals surface area contributed by atoms with E-state index in [9.17, 15) is 13.2 Å². The zero-order chi connectivity index (χ0) is 19.2. The maximum absolute atomic E-state index is 12.9. The third kappa shape index (κ3) is 2.99. The molecule has 4 rings (SSSR count). The van der Waals surface area contributed by atoms with Crippen molar-refractivity contribution < 1.29 is 13.2 Å². The quantitative estimate of drug-likeness (QED) is 0.737. The van der Waals surface area contributed by atoms with Gasteiger partial charge in [0, 0.05) is 18.7 Å². The van der Waals surface area contributed by atoms with Gasteiger partial charge in [-0.1, -0.05) is 36.4 Å². The molecule has 6 heteroatoms. The van der Waals surface area contributed by atoms with E-state index in [0.717, 1.165) is 36.2 Å². The lowest BCUT2D eigenvalue weighted by atomic mass is 9.74. The van der Waals surface area contributed by atoms with Gasteiger partial charge >= 0.3 is 6.18 Å². The number of alkyl halides is 3. The monoisotopic (exact) mass is 371 g/mol. The van der Waals surface area contributed by atoms with Crippen molar-refractivity contribution in [3.05, 3.63) is 82.7 Å². The van der Waals surface area contributed by atoms with Crippen LogP contribution >= 0.6 is 0 Å². The summed E-state index contributed by atoms with van der Waals surface area (Å²) >= 11 is 0. The molecule has 1 aliphatic rings. The Bertz CT molecular complexity index is 954. The van der Waals surface area contributed by atoms with Crippen molar-refractivity contribution in [3.63, 3.8) is 0 Å². The molecule has 0 fully saturated rings. The number of rotatable bonds is 3. The molecule has 0 radical (unpaired) electrons. The van der Waals surface area contributed by atoms with Crippen molar-refractivity contribution >= 4 is 5.95 Å². The number of aromatic nitrogens is 2. The Hall–Kier alpha value is -2.76. The van der Waals surface area contributed by atoms with Gasteiger partial charge in [-0.05, 0) is 48.1 Å². The minimum atomic E-state index is -4.33. The number of halogens is 3. The van der Waals surface area contributed by atoms with E-state index in [1.54, 1.807) is 16.7 Å². The SMILES string of the molecule is Cn1cc(C2(Cc3ccc(C(F)(F)F)cc3)CCc3ccccc32)nc1N. The van der Waals surface area contributed by atoms with Crippen LogP contribution in [0.3, 0.4) is 0 Å². The Morgan fingerprint density at radius 1 is 1.11 bits per heavy atom. The molecule has 3 aromatic rings. The first-order valence-corrected chi connectivity index (χ1v) is 8.83. The number of aryl methyl sites for hydroxylation is 2. The fourth-order valence-corrected chi connectivity index (χ4v) is 4.10. The van der Waals surface area contributed by atoms with Crippen LogP contribution in [0.2, 0.25) is 0 Å². The molecule has 140 valence electrons. The standard InChI is InChI=1S/C21H20F3N3/c1-27-13-18(26-19(27)25)20(11-10-15-4-2-3-5-17(15)20)12-14-6-8-16(9-7-14)21(22,23)24/h2-9,13H,10-12H2,1H3,(H2,25,26). The third-order valence-electron chi connectivity index (χ3n) is 5.54. The predicted molar refractivity (Wildman–Crippen MR) is 98.3 cm³/mol. The summed E-state index contributed by atoms with van der Waals surface area (Å²) in [4.78, 5) is 4.58. The predicted octanol–water partition coefficient (Wildman–Crippen LogP) is 4.50. The first-order chi connectivity index (χ1) is 12.8. The molecule has 1 aromatic heterocycles. The minimum Gasteiger partial charge on any atom is -0.369 e. The second kappa shape index (κ2) is 6.15. The summed E-state index contributed by atoms with van der Waals surface area (Å²) in [7, 11) is 1.85. The maximum Gasteiger partial charge on any atom is 0.416 e. The highest BCUT2D eigenvalue weighted by molar-refractivity contribution is 5.48. The largest absolute Gasteiger partial charge is 0.416 e. The third-order valence-corrected chi connectivity index (χ3v) is 5.54. The number of fused-ring (bicyclic) bond motifs is 1. The molecule has 0 saturated heterocycles. The number of nitrogens with zero attached hydrogens (tertiary/aromatic N) is 2. The van der Waals surface area contributed by atoms with E-state index in [-0.39, 0.29) is 5.41 Å². The van der Waals surface area contributed by atoms with Gasteiger partial charge < -0.3 is 10.3 Å². The van der Waals surface area contributed by atoms with Crippen molar-refractivity contribution in [1.82, 2.24) is 9.55 Å². The second-order valence-corrected chi connectivity index (χ2v) is 7.21. The highest BCUT2D eigenvalue weighted by atomic mass is 19.4. The lowest BCUT2D eigenvalue weighted by Gasteiger charge is -2.29. The number of nitrogens with two attached hydrogens (primary N) is 1. The summed E-state index contributed by atoms with van der Waals surface area (Å²) in [5, 5.41) is 0. The van der Waals surface area contributed by atoms with Crippen LogP contribution in [0.25, 0.3) is 0 Å². The van der Waals surface area contributed by atoms with Crippen molar-refractivity contribution in [3.8, 4) is 0 Å². The fourth-order valence-electron chi connectivity index (χ4n) is 4.10. The van der Waals surface area contributed by atoms with Crippen molar-refractivity contribution in [2.24, 2.45) is 7.05 Å². The Kier molecular flexibility index (Phi) is 4.02. The highest BCUT2D eigenvalue weighted by Gasteiger charge is 2.42. The van der Waals surface area contributed by atoms with E-state index in [4.69, 9.17) is 5.73 Å². The van der Waals surface area contributed by atoms with E-state index >= 15 is 0 Å². The van der Waals surface area contributed by atoms with Gasteiger partial charge in [-0.25, -0.2) is 4.98 Å². The van der Waals surface area contributed by atoms with Crippen LogP contribution in [-0.2, 0) is 31.5 Å². The summed E-state index contributed by atoms with van der Waals surface area (Å²) in [5.74, 6) is 0.432. The molecule has 2 N–H and O–H groups in total. The van der Waals surface area contributed by atoms with E-state index in [1.807, 2.05) is 25.4 Å².